The van der Waals surface area contributed by atoms with Crippen LogP contribution in [0, 0.1) is 0 Å². The molecule has 0 saturated heterocycles. The highest BCUT2D eigenvalue weighted by Crippen LogP contribution is 2.30. The molecule has 0 aliphatic rings. The van der Waals surface area contributed by atoms with Crippen LogP contribution in [0.5, 0.6) is 0 Å². The van der Waals surface area contributed by atoms with Crippen molar-refractivity contribution in [3.05, 3.63) is 56.7 Å². The Balaban J connectivity index is 2.30. The van der Waals surface area contributed by atoms with Gasteiger partial charge >= 0.3 is 5.97 Å². The molecule has 1 aromatic heterocycles. The molecule has 1 unspecified atom stereocenters. The number of benzene rings is 1. The highest BCUT2D eigenvalue weighted by Gasteiger charge is 2.37. The van der Waals surface area contributed by atoms with E-state index in [-0.39, 0.29) is 5.97 Å². The Kier molecular flexibility index (Phi) is 4.96. The second kappa shape index (κ2) is 6.52. The normalized spacial score (nSPS) is 13.8. The maximum Gasteiger partial charge on any atom is 0.330 e. The third-order valence-corrected chi connectivity index (χ3v) is 4.77. The van der Waals surface area contributed by atoms with Gasteiger partial charge in [0.2, 0.25) is 0 Å². The number of hydrogen-bond acceptors (Lipinski definition) is 4. The first-order valence-corrected chi connectivity index (χ1v) is 7.86. The Morgan fingerprint density at radius 2 is 2.10 bits per heavy atom. The summed E-state index contributed by atoms with van der Waals surface area (Å²) in [5, 5.41) is 5.33. The van der Waals surface area contributed by atoms with Crippen LogP contribution in [-0.4, -0.2) is 13.1 Å². The number of nitrogens with one attached hydrogen (secondary N) is 1. The molecule has 1 atom stereocenters. The van der Waals surface area contributed by atoms with E-state index in [0.29, 0.717) is 6.54 Å². The van der Waals surface area contributed by atoms with Crippen molar-refractivity contribution in [2.24, 2.45) is 0 Å². The summed E-state index contributed by atoms with van der Waals surface area (Å²) in [7, 11) is 1.41. The highest BCUT2D eigenvalue weighted by molar-refractivity contribution is 9.10. The Hall–Kier alpha value is -1.17. The van der Waals surface area contributed by atoms with Crippen molar-refractivity contribution in [2.45, 2.75) is 19.0 Å². The maximum atomic E-state index is 12.2. The van der Waals surface area contributed by atoms with E-state index in [1.54, 1.807) is 11.3 Å². The minimum atomic E-state index is -0.890. The number of carbonyl (C=O) groups excluding carboxylic acids is 1. The van der Waals surface area contributed by atoms with Gasteiger partial charge in [-0.1, -0.05) is 40.2 Å². The minimum Gasteiger partial charge on any atom is -0.467 e. The van der Waals surface area contributed by atoms with Crippen LogP contribution < -0.4 is 5.32 Å². The van der Waals surface area contributed by atoms with Gasteiger partial charge < -0.3 is 4.74 Å². The summed E-state index contributed by atoms with van der Waals surface area (Å²) in [6.07, 6.45) is 0. The molecule has 0 aliphatic heterocycles. The van der Waals surface area contributed by atoms with Crippen LogP contribution in [0.15, 0.2) is 46.3 Å². The van der Waals surface area contributed by atoms with Crippen LogP contribution in [0.2, 0.25) is 0 Å². The Bertz CT molecular complexity index is 585. The molecule has 1 heterocycles. The van der Waals surface area contributed by atoms with Gasteiger partial charge in [0.1, 0.15) is 5.54 Å². The zero-order chi connectivity index (χ0) is 14.6. The average molecular weight is 354 g/mol. The highest BCUT2D eigenvalue weighted by atomic mass is 79.9. The van der Waals surface area contributed by atoms with Crippen LogP contribution >= 0.6 is 27.3 Å². The van der Waals surface area contributed by atoms with E-state index in [0.717, 1.165) is 10.0 Å². The predicted molar refractivity (Wildman–Crippen MR) is 84.7 cm³/mol. The minimum absolute atomic E-state index is 0.305. The summed E-state index contributed by atoms with van der Waals surface area (Å²) in [6.45, 7) is 2.46. The zero-order valence-corrected chi connectivity index (χ0v) is 13.8. The quantitative estimate of drug-likeness (QED) is 0.833. The Morgan fingerprint density at radius 3 is 2.70 bits per heavy atom. The van der Waals surface area contributed by atoms with Crippen molar-refractivity contribution in [1.82, 2.24) is 5.32 Å². The van der Waals surface area contributed by atoms with Crippen LogP contribution in [-0.2, 0) is 21.6 Å². The lowest BCUT2D eigenvalue weighted by Gasteiger charge is -2.29. The fourth-order valence-corrected chi connectivity index (χ4v) is 3.35. The van der Waals surface area contributed by atoms with Gasteiger partial charge in [0.25, 0.3) is 0 Å². The van der Waals surface area contributed by atoms with Crippen molar-refractivity contribution in [2.75, 3.05) is 7.11 Å². The molecule has 0 aliphatic carbocycles. The van der Waals surface area contributed by atoms with Gasteiger partial charge in [-0.2, -0.15) is 0 Å². The second-order valence-corrected chi connectivity index (χ2v) is 6.42. The maximum absolute atomic E-state index is 12.2. The van der Waals surface area contributed by atoms with E-state index in [1.165, 1.54) is 12.0 Å². The van der Waals surface area contributed by atoms with Crippen molar-refractivity contribution in [3.63, 3.8) is 0 Å². The SMILES string of the molecule is COC(=O)C(C)(NCc1cccs1)c1ccccc1Br. The lowest BCUT2D eigenvalue weighted by atomic mass is 9.92. The fourth-order valence-electron chi connectivity index (χ4n) is 2.03. The Labute approximate surface area is 131 Å². The van der Waals surface area contributed by atoms with E-state index in [4.69, 9.17) is 4.74 Å². The zero-order valence-electron chi connectivity index (χ0n) is 11.4. The first kappa shape index (κ1) is 15.2. The first-order chi connectivity index (χ1) is 9.58. The monoisotopic (exact) mass is 353 g/mol. The number of halogens is 1. The molecule has 20 heavy (non-hydrogen) atoms. The summed E-state index contributed by atoms with van der Waals surface area (Å²) in [5.74, 6) is -0.305. The Morgan fingerprint density at radius 1 is 1.35 bits per heavy atom. The molecule has 1 aromatic carbocycles. The van der Waals surface area contributed by atoms with Gasteiger partial charge in [-0.05, 0) is 30.0 Å². The van der Waals surface area contributed by atoms with Gasteiger partial charge in [-0.15, -0.1) is 11.3 Å². The second-order valence-electron chi connectivity index (χ2n) is 4.53. The first-order valence-electron chi connectivity index (χ1n) is 6.19. The van der Waals surface area contributed by atoms with Crippen LogP contribution in [0.3, 0.4) is 0 Å². The molecule has 2 aromatic rings. The lowest BCUT2D eigenvalue weighted by Crippen LogP contribution is -2.47. The molecule has 106 valence electrons. The number of esters is 1. The molecule has 0 fully saturated rings. The molecule has 3 nitrogen and oxygen atoms in total. The number of carbonyl (C=O) groups is 1. The summed E-state index contributed by atoms with van der Waals surface area (Å²) in [6, 6.07) is 11.7. The fraction of sp³-hybridized carbons (Fsp3) is 0.267. The molecule has 0 bridgehead atoms. The largest absolute Gasteiger partial charge is 0.467 e. The third kappa shape index (κ3) is 3.11. The van der Waals surface area contributed by atoms with Crippen LogP contribution in [0.25, 0.3) is 0 Å². The van der Waals surface area contributed by atoms with E-state index in [9.17, 15) is 4.79 Å². The average Bonchev–Trinajstić information content (AvgIpc) is 2.97. The van der Waals surface area contributed by atoms with E-state index in [2.05, 4.69) is 21.2 Å². The summed E-state index contributed by atoms with van der Waals surface area (Å²) in [5.41, 5.74) is -0.0258. The molecular weight excluding hydrogens is 338 g/mol. The molecule has 0 radical (unpaired) electrons. The molecule has 1 N–H and O–H groups in total. The van der Waals surface area contributed by atoms with Gasteiger partial charge in [-0.3, -0.25) is 5.32 Å². The van der Waals surface area contributed by atoms with Crippen LogP contribution in [0.1, 0.15) is 17.4 Å². The smallest absolute Gasteiger partial charge is 0.330 e. The molecule has 5 heteroatoms. The molecule has 0 amide bonds. The van der Waals surface area contributed by atoms with Gasteiger partial charge in [0, 0.05) is 15.9 Å². The van der Waals surface area contributed by atoms with E-state index < -0.39 is 5.54 Å². The van der Waals surface area contributed by atoms with Crippen molar-refractivity contribution in [3.8, 4) is 0 Å². The number of rotatable bonds is 5. The lowest BCUT2D eigenvalue weighted by molar-refractivity contribution is -0.148. The molecule has 0 spiro atoms. The van der Waals surface area contributed by atoms with Gasteiger partial charge in [0.05, 0.1) is 7.11 Å². The van der Waals surface area contributed by atoms with E-state index >= 15 is 0 Å². The molecule has 2 rings (SSSR count). The van der Waals surface area contributed by atoms with Crippen LogP contribution in [0.4, 0.5) is 0 Å². The van der Waals surface area contributed by atoms with Gasteiger partial charge in [-0.25, -0.2) is 4.79 Å². The summed E-state index contributed by atoms with van der Waals surface area (Å²) >= 11 is 5.16. The molecule has 0 saturated carbocycles. The van der Waals surface area contributed by atoms with Crippen molar-refractivity contribution < 1.29 is 9.53 Å². The number of ether oxygens (including phenoxy) is 1. The summed E-state index contributed by atoms with van der Waals surface area (Å²) in [4.78, 5) is 13.4. The topological polar surface area (TPSA) is 38.3 Å². The van der Waals surface area contributed by atoms with E-state index in [1.807, 2.05) is 48.7 Å². The number of methoxy groups -OCH3 is 1. The third-order valence-electron chi connectivity index (χ3n) is 3.20. The number of thiophene rings is 1. The standard InChI is InChI=1S/C15H16BrNO2S/c1-15(14(18)19-2,12-7-3-4-8-13(12)16)17-10-11-6-5-9-20-11/h3-9,17H,10H2,1-2H3. The van der Waals surface area contributed by atoms with Gasteiger partial charge in [0.15, 0.2) is 0 Å². The van der Waals surface area contributed by atoms with Crippen molar-refractivity contribution >= 4 is 33.2 Å². The number of hydrogen-bond donors (Lipinski definition) is 1. The summed E-state index contributed by atoms with van der Waals surface area (Å²) < 4.78 is 5.86. The van der Waals surface area contributed by atoms with Crippen molar-refractivity contribution in [1.29, 1.82) is 0 Å². The molecular formula is C15H16BrNO2S. The predicted octanol–water partition coefficient (Wildman–Crippen LogP) is 3.69.